The third kappa shape index (κ3) is 8.17. The van der Waals surface area contributed by atoms with E-state index in [1.165, 1.54) is 18.4 Å². The number of amides is 2. The Morgan fingerprint density at radius 1 is 0.966 bits per heavy atom. The average molecular weight is 402 g/mol. The summed E-state index contributed by atoms with van der Waals surface area (Å²) < 4.78 is 0. The van der Waals surface area contributed by atoms with Crippen LogP contribution >= 0.6 is 0 Å². The van der Waals surface area contributed by atoms with Gasteiger partial charge in [0.05, 0.1) is 0 Å². The Labute approximate surface area is 177 Å². The number of rotatable bonds is 11. The Balaban J connectivity index is 1.72. The Hall–Kier alpha value is -1.88. The fourth-order valence-electron chi connectivity index (χ4n) is 3.89. The topological polar surface area (TPSA) is 43.9 Å². The van der Waals surface area contributed by atoms with Crippen molar-refractivity contribution < 1.29 is 9.59 Å². The van der Waals surface area contributed by atoms with Crippen LogP contribution in [0.25, 0.3) is 0 Å². The van der Waals surface area contributed by atoms with Crippen molar-refractivity contribution in [3.8, 4) is 0 Å². The zero-order chi connectivity index (χ0) is 21.1. The molecule has 0 saturated carbocycles. The number of hydrogen-bond acceptors (Lipinski definition) is 3. The maximum absolute atomic E-state index is 12.7. The molecule has 0 N–H and O–H groups in total. The molecule has 1 aromatic rings. The van der Waals surface area contributed by atoms with E-state index in [0.717, 1.165) is 45.6 Å². The lowest BCUT2D eigenvalue weighted by atomic mass is 10.1. The van der Waals surface area contributed by atoms with Gasteiger partial charge >= 0.3 is 0 Å². The summed E-state index contributed by atoms with van der Waals surface area (Å²) in [5, 5.41) is 0. The summed E-state index contributed by atoms with van der Waals surface area (Å²) in [4.78, 5) is 31.5. The maximum Gasteiger partial charge on any atom is 0.224 e. The monoisotopic (exact) mass is 401 g/mol. The fraction of sp³-hybridized carbons (Fsp3) is 0.667. The van der Waals surface area contributed by atoms with Crippen LogP contribution in [0.15, 0.2) is 30.3 Å². The van der Waals surface area contributed by atoms with Gasteiger partial charge in [-0.25, -0.2) is 0 Å². The van der Waals surface area contributed by atoms with Crippen LogP contribution in [0.2, 0.25) is 0 Å². The molecule has 0 unspecified atom stereocenters. The normalized spacial score (nSPS) is 15.0. The molecule has 0 aromatic heterocycles. The van der Waals surface area contributed by atoms with E-state index in [1.807, 2.05) is 29.7 Å². The Morgan fingerprint density at radius 3 is 2.28 bits per heavy atom. The number of carbonyl (C=O) groups is 2. The molecule has 1 aliphatic heterocycles. The molecule has 0 aliphatic carbocycles. The van der Waals surface area contributed by atoms with Crippen LogP contribution in [0.1, 0.15) is 64.9 Å². The van der Waals surface area contributed by atoms with Gasteiger partial charge in [-0.05, 0) is 25.8 Å². The van der Waals surface area contributed by atoms with Crippen LogP contribution in [0.3, 0.4) is 0 Å². The Kier molecular flexibility index (Phi) is 10.2. The predicted octanol–water partition coefficient (Wildman–Crippen LogP) is 3.93. The molecule has 1 fully saturated rings. The minimum atomic E-state index is 0.143. The highest BCUT2D eigenvalue weighted by Crippen LogP contribution is 2.12. The Morgan fingerprint density at radius 2 is 1.66 bits per heavy atom. The number of benzene rings is 1. The minimum absolute atomic E-state index is 0.143. The second kappa shape index (κ2) is 12.6. The second-order valence-corrected chi connectivity index (χ2v) is 8.38. The van der Waals surface area contributed by atoms with Crippen molar-refractivity contribution in [1.29, 1.82) is 0 Å². The lowest BCUT2D eigenvalue weighted by Crippen LogP contribution is -2.49. The largest absolute Gasteiger partial charge is 0.340 e. The maximum atomic E-state index is 12.7. The SMILES string of the molecule is CCCCCCC(=O)N(CCC(=O)N1CCN(Cc2ccccc2)CC1)C(C)C. The van der Waals surface area contributed by atoms with Crippen molar-refractivity contribution in [2.75, 3.05) is 32.7 Å². The van der Waals surface area contributed by atoms with Crippen LogP contribution in [0.5, 0.6) is 0 Å². The summed E-state index contributed by atoms with van der Waals surface area (Å²) in [5.41, 5.74) is 1.32. The molecule has 2 amide bonds. The van der Waals surface area contributed by atoms with Gasteiger partial charge in [-0.2, -0.15) is 0 Å². The first kappa shape index (κ1) is 23.4. The van der Waals surface area contributed by atoms with Gasteiger partial charge in [0.25, 0.3) is 0 Å². The molecule has 1 aliphatic rings. The van der Waals surface area contributed by atoms with E-state index < -0.39 is 0 Å². The summed E-state index contributed by atoms with van der Waals surface area (Å²) in [7, 11) is 0. The Bertz CT molecular complexity index is 610. The zero-order valence-corrected chi connectivity index (χ0v) is 18.6. The fourth-order valence-corrected chi connectivity index (χ4v) is 3.89. The highest BCUT2D eigenvalue weighted by Gasteiger charge is 2.23. The van der Waals surface area contributed by atoms with Crippen LogP contribution in [-0.4, -0.2) is 65.3 Å². The van der Waals surface area contributed by atoms with Crippen molar-refractivity contribution in [2.45, 2.75) is 71.9 Å². The molecule has 0 radical (unpaired) electrons. The van der Waals surface area contributed by atoms with Crippen molar-refractivity contribution in [1.82, 2.24) is 14.7 Å². The van der Waals surface area contributed by atoms with E-state index in [2.05, 4.69) is 36.1 Å². The molecule has 0 atom stereocenters. The van der Waals surface area contributed by atoms with E-state index in [0.29, 0.717) is 19.4 Å². The summed E-state index contributed by atoms with van der Waals surface area (Å²) in [6.45, 7) is 11.1. The molecule has 2 rings (SSSR count). The highest BCUT2D eigenvalue weighted by atomic mass is 16.2. The van der Waals surface area contributed by atoms with Crippen LogP contribution in [0, 0.1) is 0 Å². The first-order chi connectivity index (χ1) is 14.0. The lowest BCUT2D eigenvalue weighted by Gasteiger charge is -2.35. The standard InChI is InChI=1S/C24H39N3O2/c1-4-5-6-10-13-24(29)27(21(2)3)15-14-23(28)26-18-16-25(17-19-26)20-22-11-8-7-9-12-22/h7-9,11-12,21H,4-6,10,13-20H2,1-3H3. The van der Waals surface area contributed by atoms with Gasteiger partial charge < -0.3 is 9.80 Å². The molecule has 1 saturated heterocycles. The van der Waals surface area contributed by atoms with Gasteiger partial charge in [0.2, 0.25) is 11.8 Å². The van der Waals surface area contributed by atoms with Gasteiger partial charge in [-0.3, -0.25) is 14.5 Å². The van der Waals surface area contributed by atoms with Crippen LogP contribution in [0.4, 0.5) is 0 Å². The first-order valence-corrected chi connectivity index (χ1v) is 11.3. The molecule has 1 aromatic carbocycles. The summed E-state index contributed by atoms with van der Waals surface area (Å²) in [6, 6.07) is 10.6. The van der Waals surface area contributed by atoms with E-state index in [-0.39, 0.29) is 17.9 Å². The quantitative estimate of drug-likeness (QED) is 0.528. The average Bonchev–Trinajstić information content (AvgIpc) is 2.72. The molecule has 1 heterocycles. The lowest BCUT2D eigenvalue weighted by molar-refractivity contribution is -0.136. The summed E-state index contributed by atoms with van der Waals surface area (Å²) in [5.74, 6) is 0.366. The third-order valence-corrected chi connectivity index (χ3v) is 5.73. The second-order valence-electron chi connectivity index (χ2n) is 8.38. The van der Waals surface area contributed by atoms with E-state index in [9.17, 15) is 9.59 Å². The van der Waals surface area contributed by atoms with Crippen LogP contribution < -0.4 is 0 Å². The molecule has 162 valence electrons. The van der Waals surface area contributed by atoms with E-state index >= 15 is 0 Å². The zero-order valence-electron chi connectivity index (χ0n) is 18.6. The van der Waals surface area contributed by atoms with Crippen LogP contribution in [-0.2, 0) is 16.1 Å². The van der Waals surface area contributed by atoms with E-state index in [1.54, 1.807) is 0 Å². The van der Waals surface area contributed by atoms with Gasteiger partial charge in [0.1, 0.15) is 0 Å². The highest BCUT2D eigenvalue weighted by molar-refractivity contribution is 5.79. The number of hydrogen-bond donors (Lipinski definition) is 0. The van der Waals surface area contributed by atoms with Crippen molar-refractivity contribution in [2.24, 2.45) is 0 Å². The van der Waals surface area contributed by atoms with Gasteiger partial charge in [0.15, 0.2) is 0 Å². The number of piperazine rings is 1. The number of nitrogens with zero attached hydrogens (tertiary/aromatic N) is 3. The molecular weight excluding hydrogens is 362 g/mol. The molecule has 0 spiro atoms. The molecule has 29 heavy (non-hydrogen) atoms. The molecular formula is C24H39N3O2. The van der Waals surface area contributed by atoms with Crippen molar-refractivity contribution >= 4 is 11.8 Å². The van der Waals surface area contributed by atoms with Gasteiger partial charge in [-0.15, -0.1) is 0 Å². The van der Waals surface area contributed by atoms with Crippen molar-refractivity contribution in [3.63, 3.8) is 0 Å². The molecule has 5 heteroatoms. The van der Waals surface area contributed by atoms with Gasteiger partial charge in [0, 0.05) is 58.2 Å². The van der Waals surface area contributed by atoms with E-state index in [4.69, 9.17) is 0 Å². The number of carbonyl (C=O) groups excluding carboxylic acids is 2. The smallest absolute Gasteiger partial charge is 0.224 e. The summed E-state index contributed by atoms with van der Waals surface area (Å²) in [6.07, 6.45) is 5.45. The molecule has 5 nitrogen and oxygen atoms in total. The third-order valence-electron chi connectivity index (χ3n) is 5.73. The first-order valence-electron chi connectivity index (χ1n) is 11.3. The van der Waals surface area contributed by atoms with Gasteiger partial charge in [-0.1, -0.05) is 56.5 Å². The predicted molar refractivity (Wildman–Crippen MR) is 119 cm³/mol. The minimum Gasteiger partial charge on any atom is -0.340 e. The number of unbranched alkanes of at least 4 members (excludes halogenated alkanes) is 3. The van der Waals surface area contributed by atoms with Crippen molar-refractivity contribution in [3.05, 3.63) is 35.9 Å². The molecule has 0 bridgehead atoms. The summed E-state index contributed by atoms with van der Waals surface area (Å²) >= 11 is 0.